The summed E-state index contributed by atoms with van der Waals surface area (Å²) < 4.78 is 5.37. The van der Waals surface area contributed by atoms with Crippen molar-refractivity contribution in [3.8, 4) is 0 Å². The fourth-order valence-corrected chi connectivity index (χ4v) is 2.74. The van der Waals surface area contributed by atoms with E-state index in [1.807, 2.05) is 0 Å². The summed E-state index contributed by atoms with van der Waals surface area (Å²) in [5, 5.41) is 3.36. The van der Waals surface area contributed by atoms with Gasteiger partial charge >= 0.3 is 0 Å². The van der Waals surface area contributed by atoms with E-state index in [1.165, 1.54) is 5.70 Å². The summed E-state index contributed by atoms with van der Waals surface area (Å²) in [7, 11) is 3.86. The van der Waals surface area contributed by atoms with E-state index in [-0.39, 0.29) is 12.1 Å². The molecule has 0 bridgehead atoms. The molecule has 17 heavy (non-hydrogen) atoms. The van der Waals surface area contributed by atoms with Crippen molar-refractivity contribution in [2.75, 3.05) is 40.5 Å². The molecule has 0 aromatic rings. The van der Waals surface area contributed by atoms with Gasteiger partial charge in [0.2, 0.25) is 0 Å². The Balaban J connectivity index is 1.93. The first-order valence-electron chi connectivity index (χ1n) is 6.26. The highest BCUT2D eigenvalue weighted by molar-refractivity contribution is 5.10. The van der Waals surface area contributed by atoms with Crippen molar-refractivity contribution in [3.05, 3.63) is 12.3 Å². The Kier molecular flexibility index (Phi) is 4.04. The minimum Gasteiger partial charge on any atom is -0.380 e. The average molecular weight is 240 g/mol. The molecule has 2 aliphatic rings. The normalized spacial score (nSPS) is 35.2. The summed E-state index contributed by atoms with van der Waals surface area (Å²) in [5.41, 5.74) is 7.30. The molecule has 1 unspecified atom stereocenters. The number of piperidine rings is 1. The third-order valence-corrected chi connectivity index (χ3v) is 3.92. The van der Waals surface area contributed by atoms with Crippen LogP contribution in [0.25, 0.3) is 0 Å². The molecular weight excluding hydrogens is 216 g/mol. The Morgan fingerprint density at radius 2 is 2.29 bits per heavy atom. The lowest BCUT2D eigenvalue weighted by Gasteiger charge is -2.40. The Morgan fingerprint density at radius 3 is 2.82 bits per heavy atom. The van der Waals surface area contributed by atoms with Gasteiger partial charge in [-0.15, -0.1) is 0 Å². The standard InChI is InChI=1S/C12H24N4O/c1-9(11-6-14-8-15(11)2)16-5-4-12(17-3)10(13)7-16/h10-12,14H,1,4-8,13H2,2-3H3/t10-,11?,12+/m1/s1. The summed E-state index contributed by atoms with van der Waals surface area (Å²) >= 11 is 0. The van der Waals surface area contributed by atoms with E-state index >= 15 is 0 Å². The lowest BCUT2D eigenvalue weighted by atomic mass is 10.0. The smallest absolute Gasteiger partial charge is 0.0756 e. The quantitative estimate of drug-likeness (QED) is 0.690. The number of rotatable bonds is 3. The highest BCUT2D eigenvalue weighted by Crippen LogP contribution is 2.20. The second-order valence-electron chi connectivity index (χ2n) is 5.05. The molecule has 0 spiro atoms. The zero-order chi connectivity index (χ0) is 12.4. The van der Waals surface area contributed by atoms with Gasteiger partial charge in [0.05, 0.1) is 12.1 Å². The van der Waals surface area contributed by atoms with E-state index in [0.717, 1.165) is 32.7 Å². The van der Waals surface area contributed by atoms with Gasteiger partial charge in [0.15, 0.2) is 0 Å². The van der Waals surface area contributed by atoms with Crippen LogP contribution in [0.1, 0.15) is 6.42 Å². The minimum absolute atomic E-state index is 0.0881. The van der Waals surface area contributed by atoms with Crippen molar-refractivity contribution in [2.24, 2.45) is 5.73 Å². The van der Waals surface area contributed by atoms with Crippen LogP contribution in [0.4, 0.5) is 0 Å². The van der Waals surface area contributed by atoms with Crippen LogP contribution in [-0.2, 0) is 4.74 Å². The van der Waals surface area contributed by atoms with Gasteiger partial charge in [-0.05, 0) is 13.5 Å². The molecule has 0 radical (unpaired) electrons. The number of ether oxygens (including phenoxy) is 1. The molecule has 0 aromatic carbocycles. The maximum Gasteiger partial charge on any atom is 0.0756 e. The van der Waals surface area contributed by atoms with Crippen molar-refractivity contribution in [2.45, 2.75) is 24.6 Å². The lowest BCUT2D eigenvalue weighted by molar-refractivity contribution is 0.0306. The van der Waals surface area contributed by atoms with Gasteiger partial charge in [0, 0.05) is 45.2 Å². The van der Waals surface area contributed by atoms with Gasteiger partial charge in [-0.1, -0.05) is 6.58 Å². The summed E-state index contributed by atoms with van der Waals surface area (Å²) in [5.74, 6) is 0. The number of likely N-dealkylation sites (tertiary alicyclic amines) is 1. The van der Waals surface area contributed by atoms with Gasteiger partial charge in [-0.25, -0.2) is 0 Å². The number of nitrogens with two attached hydrogens (primary N) is 1. The first-order chi connectivity index (χ1) is 8.13. The molecule has 0 aromatic heterocycles. The van der Waals surface area contributed by atoms with E-state index in [0.29, 0.717) is 6.04 Å². The van der Waals surface area contributed by atoms with Crippen LogP contribution < -0.4 is 11.1 Å². The Bertz CT molecular complexity index is 284. The second kappa shape index (κ2) is 5.35. The molecule has 98 valence electrons. The molecule has 0 aliphatic carbocycles. The lowest BCUT2D eigenvalue weighted by Crippen LogP contribution is -2.53. The van der Waals surface area contributed by atoms with Gasteiger partial charge in [0.25, 0.3) is 0 Å². The molecule has 2 rings (SSSR count). The van der Waals surface area contributed by atoms with E-state index in [2.05, 4.69) is 28.7 Å². The van der Waals surface area contributed by atoms with Gasteiger partial charge in [-0.3, -0.25) is 4.90 Å². The van der Waals surface area contributed by atoms with Crippen LogP contribution in [0.2, 0.25) is 0 Å². The number of nitrogens with zero attached hydrogens (tertiary/aromatic N) is 2. The maximum atomic E-state index is 6.11. The maximum absolute atomic E-state index is 6.11. The van der Waals surface area contributed by atoms with Gasteiger partial charge in [0.1, 0.15) is 0 Å². The second-order valence-corrected chi connectivity index (χ2v) is 5.05. The first-order valence-corrected chi connectivity index (χ1v) is 6.26. The molecule has 5 nitrogen and oxygen atoms in total. The molecule has 3 atom stereocenters. The predicted octanol–water partition coefficient (Wildman–Crippen LogP) is -0.591. The molecule has 0 amide bonds. The SMILES string of the molecule is C=C(C1CNCN1C)N1CC[C@H](OC)[C@H](N)C1. The molecule has 2 aliphatic heterocycles. The molecule has 2 fully saturated rings. The summed E-state index contributed by atoms with van der Waals surface area (Å²) in [6.07, 6.45) is 1.18. The van der Waals surface area contributed by atoms with Crippen molar-refractivity contribution < 1.29 is 4.74 Å². The van der Waals surface area contributed by atoms with Crippen LogP contribution in [0.3, 0.4) is 0 Å². The van der Waals surface area contributed by atoms with Gasteiger partial charge in [-0.2, -0.15) is 0 Å². The molecule has 0 saturated carbocycles. The third-order valence-electron chi connectivity index (χ3n) is 3.92. The summed E-state index contributed by atoms with van der Waals surface area (Å²) in [6.45, 7) is 8.00. The Labute approximate surface area is 104 Å². The molecule has 3 N–H and O–H groups in total. The monoisotopic (exact) mass is 240 g/mol. The fraction of sp³-hybridized carbons (Fsp3) is 0.833. The van der Waals surface area contributed by atoms with Gasteiger partial charge < -0.3 is 20.7 Å². The number of methoxy groups -OCH3 is 1. The topological polar surface area (TPSA) is 53.8 Å². The number of nitrogens with one attached hydrogen (secondary N) is 1. The first kappa shape index (κ1) is 12.8. The third kappa shape index (κ3) is 2.63. The van der Waals surface area contributed by atoms with Crippen LogP contribution in [0, 0.1) is 0 Å². The Hall–Kier alpha value is -0.620. The van der Waals surface area contributed by atoms with Crippen LogP contribution in [-0.4, -0.2) is 68.4 Å². The molecule has 5 heteroatoms. The fourth-order valence-electron chi connectivity index (χ4n) is 2.74. The zero-order valence-corrected chi connectivity index (χ0v) is 10.9. The van der Waals surface area contributed by atoms with E-state index in [1.54, 1.807) is 7.11 Å². The predicted molar refractivity (Wildman–Crippen MR) is 68.5 cm³/mol. The average Bonchev–Trinajstić information content (AvgIpc) is 2.74. The summed E-state index contributed by atoms with van der Waals surface area (Å²) in [4.78, 5) is 4.60. The highest BCUT2D eigenvalue weighted by Gasteiger charge is 2.31. The molecule has 2 saturated heterocycles. The zero-order valence-electron chi connectivity index (χ0n) is 10.9. The van der Waals surface area contributed by atoms with Crippen molar-refractivity contribution in [1.82, 2.24) is 15.1 Å². The van der Waals surface area contributed by atoms with Crippen LogP contribution >= 0.6 is 0 Å². The van der Waals surface area contributed by atoms with Crippen molar-refractivity contribution in [3.63, 3.8) is 0 Å². The van der Waals surface area contributed by atoms with Crippen LogP contribution in [0.5, 0.6) is 0 Å². The van der Waals surface area contributed by atoms with Crippen molar-refractivity contribution >= 4 is 0 Å². The molecular formula is C12H24N4O. The minimum atomic E-state index is 0.0881. The van der Waals surface area contributed by atoms with E-state index in [9.17, 15) is 0 Å². The highest BCUT2D eigenvalue weighted by atomic mass is 16.5. The number of hydrogen-bond donors (Lipinski definition) is 2. The summed E-state index contributed by atoms with van der Waals surface area (Å²) in [6, 6.07) is 0.492. The Morgan fingerprint density at radius 1 is 1.53 bits per heavy atom. The van der Waals surface area contributed by atoms with Crippen LogP contribution in [0.15, 0.2) is 12.3 Å². The molecule has 2 heterocycles. The van der Waals surface area contributed by atoms with E-state index < -0.39 is 0 Å². The van der Waals surface area contributed by atoms with E-state index in [4.69, 9.17) is 10.5 Å². The largest absolute Gasteiger partial charge is 0.380 e. The van der Waals surface area contributed by atoms with Crippen molar-refractivity contribution in [1.29, 1.82) is 0 Å². The number of hydrogen-bond acceptors (Lipinski definition) is 5. The number of likely N-dealkylation sites (N-methyl/N-ethyl adjacent to an activating group) is 1.